The standard InChI is InChI=1S/C21H25N3O3/c1-13(2)15(4)22-21(25)19-12-18(20-11-6-14(3)27-20)23-24(19)16-7-9-17(26-5)10-8-16/h6-13,15H,1-5H3,(H,22,25)/t15-/m0/s1. The Kier molecular flexibility index (Phi) is 5.35. The van der Waals surface area contributed by atoms with E-state index in [0.29, 0.717) is 23.1 Å². The number of furan rings is 1. The Morgan fingerprint density at radius 2 is 1.85 bits per heavy atom. The SMILES string of the molecule is COc1ccc(-n2nc(-c3ccc(C)o3)cc2C(=O)N[C@@H](C)C(C)C)cc1. The van der Waals surface area contributed by atoms with E-state index in [4.69, 9.17) is 9.15 Å². The van der Waals surface area contributed by atoms with Crippen LogP contribution in [-0.2, 0) is 0 Å². The second-order valence-electron chi connectivity index (χ2n) is 6.94. The molecule has 0 aliphatic rings. The Hall–Kier alpha value is -3.02. The molecule has 0 bridgehead atoms. The van der Waals surface area contributed by atoms with Crippen molar-refractivity contribution in [1.29, 1.82) is 0 Å². The van der Waals surface area contributed by atoms with Gasteiger partial charge in [-0.3, -0.25) is 4.79 Å². The van der Waals surface area contributed by atoms with Gasteiger partial charge in [0, 0.05) is 12.1 Å². The van der Waals surface area contributed by atoms with E-state index in [1.165, 1.54) is 0 Å². The van der Waals surface area contributed by atoms with Gasteiger partial charge in [-0.05, 0) is 56.2 Å². The molecule has 27 heavy (non-hydrogen) atoms. The third-order valence-electron chi connectivity index (χ3n) is 4.61. The van der Waals surface area contributed by atoms with Gasteiger partial charge < -0.3 is 14.5 Å². The zero-order valence-corrected chi connectivity index (χ0v) is 16.3. The van der Waals surface area contributed by atoms with Crippen molar-refractivity contribution in [2.75, 3.05) is 7.11 Å². The minimum absolute atomic E-state index is 0.0472. The molecule has 6 nitrogen and oxygen atoms in total. The Labute approximate surface area is 159 Å². The second-order valence-corrected chi connectivity index (χ2v) is 6.94. The molecule has 0 saturated heterocycles. The molecular weight excluding hydrogens is 342 g/mol. The highest BCUT2D eigenvalue weighted by atomic mass is 16.5. The van der Waals surface area contributed by atoms with E-state index in [1.54, 1.807) is 17.9 Å². The molecule has 0 aliphatic carbocycles. The predicted molar refractivity (Wildman–Crippen MR) is 104 cm³/mol. The van der Waals surface area contributed by atoms with Crippen LogP contribution in [0.2, 0.25) is 0 Å². The summed E-state index contributed by atoms with van der Waals surface area (Å²) < 4.78 is 12.5. The predicted octanol–water partition coefficient (Wildman–Crippen LogP) is 4.22. The van der Waals surface area contributed by atoms with Crippen molar-refractivity contribution in [2.24, 2.45) is 5.92 Å². The molecule has 0 fully saturated rings. The normalized spacial score (nSPS) is 12.2. The van der Waals surface area contributed by atoms with Crippen LogP contribution in [0.1, 0.15) is 37.0 Å². The molecule has 0 saturated carbocycles. The molecule has 2 heterocycles. The van der Waals surface area contributed by atoms with Crippen LogP contribution in [0.3, 0.4) is 0 Å². The van der Waals surface area contributed by atoms with E-state index >= 15 is 0 Å². The average Bonchev–Trinajstić information content (AvgIpc) is 3.28. The number of carbonyl (C=O) groups excluding carboxylic acids is 1. The quantitative estimate of drug-likeness (QED) is 0.708. The number of nitrogens with zero attached hydrogens (tertiary/aromatic N) is 2. The summed E-state index contributed by atoms with van der Waals surface area (Å²) in [5, 5.41) is 7.66. The third-order valence-corrected chi connectivity index (χ3v) is 4.61. The van der Waals surface area contributed by atoms with Crippen LogP contribution in [0.25, 0.3) is 17.1 Å². The first kappa shape index (κ1) is 18.8. The van der Waals surface area contributed by atoms with E-state index in [9.17, 15) is 4.79 Å². The summed E-state index contributed by atoms with van der Waals surface area (Å²) >= 11 is 0. The summed E-state index contributed by atoms with van der Waals surface area (Å²) in [7, 11) is 1.62. The molecule has 6 heteroatoms. The molecular formula is C21H25N3O3. The number of aromatic nitrogens is 2. The summed E-state index contributed by atoms with van der Waals surface area (Å²) in [6.07, 6.45) is 0. The third kappa shape index (κ3) is 4.05. The molecule has 0 aliphatic heterocycles. The second kappa shape index (κ2) is 7.70. The van der Waals surface area contributed by atoms with Crippen molar-refractivity contribution >= 4 is 5.91 Å². The number of hydrogen-bond donors (Lipinski definition) is 1. The van der Waals surface area contributed by atoms with Crippen molar-refractivity contribution in [3.8, 4) is 22.9 Å². The van der Waals surface area contributed by atoms with Crippen LogP contribution in [0, 0.1) is 12.8 Å². The van der Waals surface area contributed by atoms with Crippen molar-refractivity contribution in [3.63, 3.8) is 0 Å². The lowest BCUT2D eigenvalue weighted by Crippen LogP contribution is -2.37. The molecule has 1 N–H and O–H groups in total. The van der Waals surface area contributed by atoms with Crippen LogP contribution < -0.4 is 10.1 Å². The van der Waals surface area contributed by atoms with Crippen molar-refractivity contribution in [3.05, 3.63) is 53.9 Å². The lowest BCUT2D eigenvalue weighted by atomic mass is 10.1. The van der Waals surface area contributed by atoms with E-state index < -0.39 is 0 Å². The van der Waals surface area contributed by atoms with E-state index in [2.05, 4.69) is 24.3 Å². The van der Waals surface area contributed by atoms with E-state index in [0.717, 1.165) is 17.2 Å². The average molecular weight is 367 g/mol. The summed E-state index contributed by atoms with van der Waals surface area (Å²) in [6.45, 7) is 8.01. The first-order valence-electron chi connectivity index (χ1n) is 9.01. The molecule has 142 valence electrons. The molecule has 3 aromatic rings. The van der Waals surface area contributed by atoms with Gasteiger partial charge in [0.1, 0.15) is 22.9 Å². The van der Waals surface area contributed by atoms with Gasteiger partial charge in [0.05, 0.1) is 12.8 Å². The van der Waals surface area contributed by atoms with Gasteiger partial charge in [-0.15, -0.1) is 0 Å². The summed E-state index contributed by atoms with van der Waals surface area (Å²) in [5.41, 5.74) is 1.84. The van der Waals surface area contributed by atoms with Gasteiger partial charge in [0.2, 0.25) is 0 Å². The fraction of sp³-hybridized carbons (Fsp3) is 0.333. The highest BCUT2D eigenvalue weighted by molar-refractivity contribution is 5.94. The number of aryl methyl sites for hydroxylation is 1. The highest BCUT2D eigenvalue weighted by Gasteiger charge is 2.21. The van der Waals surface area contributed by atoms with Gasteiger partial charge in [-0.25, -0.2) is 4.68 Å². The molecule has 0 spiro atoms. The monoisotopic (exact) mass is 367 g/mol. The Morgan fingerprint density at radius 1 is 1.15 bits per heavy atom. The van der Waals surface area contributed by atoms with Crippen LogP contribution in [0.15, 0.2) is 46.9 Å². The largest absolute Gasteiger partial charge is 0.497 e. The number of nitrogens with one attached hydrogen (secondary N) is 1. The Balaban J connectivity index is 2.03. The van der Waals surface area contributed by atoms with Gasteiger partial charge in [-0.2, -0.15) is 5.10 Å². The van der Waals surface area contributed by atoms with Crippen molar-refractivity contribution < 1.29 is 13.9 Å². The minimum atomic E-state index is -0.172. The fourth-order valence-corrected chi connectivity index (χ4v) is 2.60. The Bertz CT molecular complexity index is 923. The van der Waals surface area contributed by atoms with Crippen LogP contribution in [-0.4, -0.2) is 28.8 Å². The minimum Gasteiger partial charge on any atom is -0.497 e. The van der Waals surface area contributed by atoms with Crippen molar-refractivity contribution in [2.45, 2.75) is 33.7 Å². The highest BCUT2D eigenvalue weighted by Crippen LogP contribution is 2.25. The molecule has 3 rings (SSSR count). The molecule has 1 atom stereocenters. The van der Waals surface area contributed by atoms with Gasteiger partial charge >= 0.3 is 0 Å². The van der Waals surface area contributed by atoms with Gasteiger partial charge in [0.15, 0.2) is 5.76 Å². The molecule has 1 aromatic carbocycles. The van der Waals surface area contributed by atoms with E-state index in [1.807, 2.05) is 50.2 Å². The number of amides is 1. The number of rotatable bonds is 6. The van der Waals surface area contributed by atoms with Crippen LogP contribution in [0.5, 0.6) is 5.75 Å². The fourth-order valence-electron chi connectivity index (χ4n) is 2.60. The molecule has 2 aromatic heterocycles. The summed E-state index contributed by atoms with van der Waals surface area (Å²) in [5.74, 6) is 2.33. The maximum atomic E-state index is 12.9. The Morgan fingerprint density at radius 3 is 2.41 bits per heavy atom. The van der Waals surface area contributed by atoms with Gasteiger partial charge in [0.25, 0.3) is 5.91 Å². The number of carbonyl (C=O) groups is 1. The zero-order chi connectivity index (χ0) is 19.6. The lowest BCUT2D eigenvalue weighted by Gasteiger charge is -2.17. The number of methoxy groups -OCH3 is 1. The van der Waals surface area contributed by atoms with Crippen LogP contribution >= 0.6 is 0 Å². The zero-order valence-electron chi connectivity index (χ0n) is 16.3. The summed E-state index contributed by atoms with van der Waals surface area (Å²) in [6, 6.07) is 12.9. The smallest absolute Gasteiger partial charge is 0.270 e. The molecule has 0 unspecified atom stereocenters. The first-order valence-corrected chi connectivity index (χ1v) is 9.01. The summed E-state index contributed by atoms with van der Waals surface area (Å²) in [4.78, 5) is 12.9. The number of ether oxygens (including phenoxy) is 1. The van der Waals surface area contributed by atoms with Crippen molar-refractivity contribution in [1.82, 2.24) is 15.1 Å². The lowest BCUT2D eigenvalue weighted by molar-refractivity contribution is 0.0922. The number of benzene rings is 1. The maximum Gasteiger partial charge on any atom is 0.270 e. The topological polar surface area (TPSA) is 69.3 Å². The van der Waals surface area contributed by atoms with Crippen LogP contribution in [0.4, 0.5) is 0 Å². The number of hydrogen-bond acceptors (Lipinski definition) is 4. The first-order chi connectivity index (χ1) is 12.9. The van der Waals surface area contributed by atoms with E-state index in [-0.39, 0.29) is 11.9 Å². The maximum absolute atomic E-state index is 12.9. The van der Waals surface area contributed by atoms with Gasteiger partial charge in [-0.1, -0.05) is 13.8 Å². The molecule has 1 amide bonds. The molecule has 0 radical (unpaired) electrons.